The van der Waals surface area contributed by atoms with Crippen molar-refractivity contribution in [1.29, 1.82) is 0 Å². The van der Waals surface area contributed by atoms with Gasteiger partial charge in [-0.3, -0.25) is 0 Å². The highest BCUT2D eigenvalue weighted by atomic mass is 16.5. The molecule has 0 N–H and O–H groups in total. The molecule has 16 heavy (non-hydrogen) atoms. The summed E-state index contributed by atoms with van der Waals surface area (Å²) in [5.74, 6) is 3.53. The zero-order valence-electron chi connectivity index (χ0n) is 9.53. The van der Waals surface area contributed by atoms with Crippen LogP contribution in [-0.2, 0) is 0 Å². The van der Waals surface area contributed by atoms with Crippen molar-refractivity contribution >= 4 is 10.8 Å². The minimum atomic E-state index is 0.197. The smallest absolute Gasteiger partial charge is 0.120 e. The molecular weight excluding hydrogens is 196 g/mol. The molecule has 80 valence electrons. The zero-order valence-corrected chi connectivity index (χ0v) is 9.53. The van der Waals surface area contributed by atoms with Gasteiger partial charge >= 0.3 is 0 Å². The third-order valence-corrected chi connectivity index (χ3v) is 2.35. The minimum absolute atomic E-state index is 0.197. The maximum absolute atomic E-state index is 5.64. The maximum Gasteiger partial charge on any atom is 0.120 e. The van der Waals surface area contributed by atoms with Gasteiger partial charge in [0.15, 0.2) is 0 Å². The van der Waals surface area contributed by atoms with E-state index in [4.69, 9.17) is 11.2 Å². The van der Waals surface area contributed by atoms with E-state index in [0.29, 0.717) is 0 Å². The van der Waals surface area contributed by atoms with Crippen LogP contribution < -0.4 is 4.74 Å². The van der Waals surface area contributed by atoms with E-state index in [9.17, 15) is 0 Å². The van der Waals surface area contributed by atoms with Crippen LogP contribution in [0.15, 0.2) is 36.4 Å². The fraction of sp³-hybridized carbons (Fsp3) is 0.200. The first kappa shape index (κ1) is 10.6. The van der Waals surface area contributed by atoms with Crippen molar-refractivity contribution in [3.05, 3.63) is 42.0 Å². The second-order valence-corrected chi connectivity index (χ2v) is 4.03. The van der Waals surface area contributed by atoms with Crippen molar-refractivity contribution in [3.63, 3.8) is 0 Å². The number of hydrogen-bond acceptors (Lipinski definition) is 1. The van der Waals surface area contributed by atoms with Crippen LogP contribution in [0.2, 0.25) is 0 Å². The van der Waals surface area contributed by atoms with E-state index in [-0.39, 0.29) is 6.10 Å². The lowest BCUT2D eigenvalue weighted by atomic mass is 10.1. The Bertz CT molecular complexity index is 547. The number of hydrogen-bond donors (Lipinski definition) is 0. The highest BCUT2D eigenvalue weighted by Gasteiger charge is 2.00. The highest BCUT2D eigenvalue weighted by molar-refractivity contribution is 5.85. The van der Waals surface area contributed by atoms with Crippen LogP contribution in [0, 0.1) is 12.3 Å². The van der Waals surface area contributed by atoms with Crippen LogP contribution in [0.1, 0.15) is 19.4 Å². The first-order chi connectivity index (χ1) is 7.69. The molecule has 0 aliphatic rings. The molecule has 0 bridgehead atoms. The van der Waals surface area contributed by atoms with Crippen LogP contribution >= 0.6 is 0 Å². The monoisotopic (exact) mass is 210 g/mol. The SMILES string of the molecule is C#Cc1ccc2cc(OC(C)C)ccc2c1. The molecule has 0 heterocycles. The lowest BCUT2D eigenvalue weighted by Crippen LogP contribution is -2.05. The van der Waals surface area contributed by atoms with E-state index >= 15 is 0 Å². The zero-order chi connectivity index (χ0) is 11.5. The Hall–Kier alpha value is -1.94. The van der Waals surface area contributed by atoms with Crippen molar-refractivity contribution in [1.82, 2.24) is 0 Å². The largest absolute Gasteiger partial charge is 0.491 e. The Labute approximate surface area is 96.1 Å². The first-order valence-electron chi connectivity index (χ1n) is 5.36. The van der Waals surface area contributed by atoms with Crippen molar-refractivity contribution in [3.8, 4) is 18.1 Å². The van der Waals surface area contributed by atoms with Gasteiger partial charge in [-0.2, -0.15) is 0 Å². The molecule has 2 aromatic carbocycles. The molecule has 0 saturated heterocycles. The topological polar surface area (TPSA) is 9.23 Å². The maximum atomic E-state index is 5.64. The van der Waals surface area contributed by atoms with Gasteiger partial charge in [0.1, 0.15) is 5.75 Å². The number of rotatable bonds is 2. The van der Waals surface area contributed by atoms with Crippen LogP contribution in [0.25, 0.3) is 10.8 Å². The average Bonchev–Trinajstić information content (AvgIpc) is 2.27. The Kier molecular flexibility index (Phi) is 2.83. The summed E-state index contributed by atoms with van der Waals surface area (Å²) in [6.07, 6.45) is 5.56. The van der Waals surface area contributed by atoms with Crippen molar-refractivity contribution in [2.24, 2.45) is 0 Å². The molecule has 1 heteroatoms. The van der Waals surface area contributed by atoms with Crippen LogP contribution in [0.3, 0.4) is 0 Å². The van der Waals surface area contributed by atoms with Gasteiger partial charge in [-0.25, -0.2) is 0 Å². The molecule has 0 fully saturated rings. The van der Waals surface area contributed by atoms with Crippen molar-refractivity contribution in [2.45, 2.75) is 20.0 Å². The van der Waals surface area contributed by atoms with Crippen LogP contribution in [-0.4, -0.2) is 6.10 Å². The summed E-state index contributed by atoms with van der Waals surface area (Å²) in [5, 5.41) is 2.30. The molecule has 0 atom stereocenters. The summed E-state index contributed by atoms with van der Waals surface area (Å²) in [5.41, 5.74) is 0.907. The van der Waals surface area contributed by atoms with Crippen LogP contribution in [0.5, 0.6) is 5.75 Å². The molecule has 0 aliphatic carbocycles. The third-order valence-electron chi connectivity index (χ3n) is 2.35. The summed E-state index contributed by atoms with van der Waals surface area (Å²) < 4.78 is 5.64. The van der Waals surface area contributed by atoms with E-state index in [2.05, 4.69) is 5.92 Å². The lowest BCUT2D eigenvalue weighted by molar-refractivity contribution is 0.243. The molecule has 0 unspecified atom stereocenters. The molecular formula is C15H14O. The molecule has 1 nitrogen and oxygen atoms in total. The fourth-order valence-electron chi connectivity index (χ4n) is 1.66. The predicted octanol–water partition coefficient (Wildman–Crippen LogP) is 3.61. The third kappa shape index (κ3) is 2.17. The Morgan fingerprint density at radius 3 is 2.44 bits per heavy atom. The normalized spacial score (nSPS) is 10.4. The molecule has 2 aromatic rings. The quantitative estimate of drug-likeness (QED) is 0.688. The molecule has 0 saturated carbocycles. The Balaban J connectivity index is 2.44. The van der Waals surface area contributed by atoms with Gasteiger partial charge in [0.2, 0.25) is 0 Å². The number of fused-ring (bicyclic) bond motifs is 1. The first-order valence-corrected chi connectivity index (χ1v) is 5.36. The lowest BCUT2D eigenvalue weighted by Gasteiger charge is -2.10. The summed E-state index contributed by atoms with van der Waals surface area (Å²) in [4.78, 5) is 0. The summed E-state index contributed by atoms with van der Waals surface area (Å²) in [6.45, 7) is 4.04. The van der Waals surface area contributed by atoms with Gasteiger partial charge in [-0.05, 0) is 48.9 Å². The number of benzene rings is 2. The summed E-state index contributed by atoms with van der Waals surface area (Å²) >= 11 is 0. The number of ether oxygens (including phenoxy) is 1. The highest BCUT2D eigenvalue weighted by Crippen LogP contribution is 2.22. The molecule has 0 radical (unpaired) electrons. The molecule has 0 spiro atoms. The van der Waals surface area contributed by atoms with E-state index in [0.717, 1.165) is 22.1 Å². The predicted molar refractivity (Wildman–Crippen MR) is 67.6 cm³/mol. The van der Waals surface area contributed by atoms with Gasteiger partial charge in [0, 0.05) is 5.56 Å². The van der Waals surface area contributed by atoms with E-state index in [1.165, 1.54) is 0 Å². The van der Waals surface area contributed by atoms with Gasteiger partial charge < -0.3 is 4.74 Å². The molecule has 0 aromatic heterocycles. The van der Waals surface area contributed by atoms with Crippen molar-refractivity contribution < 1.29 is 4.74 Å². The number of terminal acetylenes is 1. The summed E-state index contributed by atoms with van der Waals surface area (Å²) in [7, 11) is 0. The molecule has 2 rings (SSSR count). The second kappa shape index (κ2) is 4.28. The second-order valence-electron chi connectivity index (χ2n) is 4.03. The van der Waals surface area contributed by atoms with Crippen molar-refractivity contribution in [2.75, 3.05) is 0 Å². The standard InChI is InChI=1S/C15H14O/c1-4-12-5-6-14-10-15(16-11(2)3)8-7-13(14)9-12/h1,5-11H,2-3H3. The Morgan fingerprint density at radius 1 is 1.06 bits per heavy atom. The molecule has 0 amide bonds. The van der Waals surface area contributed by atoms with E-state index < -0.39 is 0 Å². The Morgan fingerprint density at radius 2 is 1.75 bits per heavy atom. The van der Waals surface area contributed by atoms with Gasteiger partial charge in [-0.15, -0.1) is 6.42 Å². The minimum Gasteiger partial charge on any atom is -0.491 e. The van der Waals surface area contributed by atoms with Gasteiger partial charge in [-0.1, -0.05) is 18.1 Å². The summed E-state index contributed by atoms with van der Waals surface area (Å²) in [6, 6.07) is 12.0. The average molecular weight is 210 g/mol. The van der Waals surface area contributed by atoms with Gasteiger partial charge in [0.05, 0.1) is 6.10 Å². The van der Waals surface area contributed by atoms with Gasteiger partial charge in [0.25, 0.3) is 0 Å². The molecule has 0 aliphatic heterocycles. The van der Waals surface area contributed by atoms with E-state index in [1.54, 1.807) is 0 Å². The fourth-order valence-corrected chi connectivity index (χ4v) is 1.66. The van der Waals surface area contributed by atoms with E-state index in [1.807, 2.05) is 50.2 Å². The van der Waals surface area contributed by atoms with Crippen LogP contribution in [0.4, 0.5) is 0 Å².